The summed E-state index contributed by atoms with van der Waals surface area (Å²) in [6, 6.07) is 9.72. The zero-order valence-corrected chi connectivity index (χ0v) is 14.8. The lowest BCUT2D eigenvalue weighted by Crippen LogP contribution is -2.31. The smallest absolute Gasteiger partial charge is 0.290 e. The van der Waals surface area contributed by atoms with Crippen LogP contribution in [0.1, 0.15) is 0 Å². The molecule has 0 spiro atoms. The Balaban J connectivity index is 1.83. The molecule has 0 saturated heterocycles. The fourth-order valence-corrected chi connectivity index (χ4v) is 2.44. The van der Waals surface area contributed by atoms with E-state index in [0.29, 0.717) is 28.6 Å². The number of aromatic nitrogens is 2. The molecule has 0 aliphatic heterocycles. The molecule has 3 aromatic rings. The van der Waals surface area contributed by atoms with Crippen molar-refractivity contribution in [2.24, 2.45) is 0 Å². The summed E-state index contributed by atoms with van der Waals surface area (Å²) in [5, 5.41) is 6.82. The number of nitrogen functional groups attached to an aromatic ring is 1. The summed E-state index contributed by atoms with van der Waals surface area (Å²) in [6.45, 7) is -0.327. The number of carbonyl (C=O) groups excluding carboxylic acids is 1. The molecule has 9 heteroatoms. The second-order valence-corrected chi connectivity index (χ2v) is 5.54. The first-order valence-electron chi connectivity index (χ1n) is 7.95. The minimum Gasteiger partial charge on any atom is -0.497 e. The topological polar surface area (TPSA) is 122 Å². The number of anilines is 2. The van der Waals surface area contributed by atoms with E-state index in [9.17, 15) is 9.59 Å². The number of nitrogens with zero attached hydrogens (tertiary/aromatic N) is 2. The fraction of sp³-hybridized carbons (Fsp3) is 0.167. The van der Waals surface area contributed by atoms with Crippen LogP contribution in [0.25, 0.3) is 11.5 Å². The lowest BCUT2D eigenvalue weighted by atomic mass is 10.2. The van der Waals surface area contributed by atoms with Gasteiger partial charge in [0.25, 0.3) is 5.56 Å². The Bertz CT molecular complexity index is 1010. The summed E-state index contributed by atoms with van der Waals surface area (Å²) in [5.41, 5.74) is 5.94. The van der Waals surface area contributed by atoms with E-state index in [1.165, 1.54) is 26.5 Å². The predicted molar refractivity (Wildman–Crippen MR) is 98.8 cm³/mol. The van der Waals surface area contributed by atoms with Gasteiger partial charge >= 0.3 is 0 Å². The van der Waals surface area contributed by atoms with Gasteiger partial charge in [-0.2, -0.15) is 5.10 Å². The highest BCUT2D eigenvalue weighted by Gasteiger charge is 2.14. The number of hydrogen-bond acceptors (Lipinski definition) is 7. The van der Waals surface area contributed by atoms with Crippen molar-refractivity contribution < 1.29 is 18.7 Å². The van der Waals surface area contributed by atoms with Crippen LogP contribution in [0.3, 0.4) is 0 Å². The van der Waals surface area contributed by atoms with E-state index in [4.69, 9.17) is 19.6 Å². The summed E-state index contributed by atoms with van der Waals surface area (Å²) in [4.78, 5) is 24.6. The molecule has 0 unspecified atom stereocenters. The van der Waals surface area contributed by atoms with Crippen molar-refractivity contribution in [1.82, 2.24) is 9.78 Å². The fourth-order valence-electron chi connectivity index (χ4n) is 2.44. The molecule has 0 aliphatic carbocycles. The zero-order chi connectivity index (χ0) is 19.4. The maximum absolute atomic E-state index is 12.4. The van der Waals surface area contributed by atoms with E-state index < -0.39 is 11.5 Å². The Labute approximate surface area is 154 Å². The molecule has 0 aliphatic rings. The molecule has 27 heavy (non-hydrogen) atoms. The number of ether oxygens (including phenoxy) is 2. The highest BCUT2D eigenvalue weighted by atomic mass is 16.5. The van der Waals surface area contributed by atoms with Crippen molar-refractivity contribution in [1.29, 1.82) is 0 Å². The van der Waals surface area contributed by atoms with Gasteiger partial charge in [0.2, 0.25) is 5.91 Å². The molecule has 0 atom stereocenters. The lowest BCUT2D eigenvalue weighted by molar-refractivity contribution is -0.117. The highest BCUT2D eigenvalue weighted by molar-refractivity contribution is 5.92. The van der Waals surface area contributed by atoms with E-state index in [2.05, 4.69) is 10.4 Å². The Kier molecular flexibility index (Phi) is 5.11. The van der Waals surface area contributed by atoms with Gasteiger partial charge in [0.05, 0.1) is 26.2 Å². The Morgan fingerprint density at radius 2 is 2.07 bits per heavy atom. The molecule has 0 radical (unpaired) electrons. The number of benzene rings is 1. The van der Waals surface area contributed by atoms with Gasteiger partial charge in [0.15, 0.2) is 5.76 Å². The molecule has 9 nitrogen and oxygen atoms in total. The molecule has 140 valence electrons. The van der Waals surface area contributed by atoms with Gasteiger partial charge < -0.3 is 24.9 Å². The molecular formula is C18H18N4O5. The van der Waals surface area contributed by atoms with Gasteiger partial charge in [0.1, 0.15) is 29.4 Å². The summed E-state index contributed by atoms with van der Waals surface area (Å²) < 4.78 is 16.6. The SMILES string of the molecule is COc1ccc(NC(=O)Cn2nc(-c3ccco3)cc(N)c2=O)c(OC)c1. The average molecular weight is 370 g/mol. The minimum atomic E-state index is -0.567. The number of nitrogens with two attached hydrogens (primary N) is 1. The molecule has 0 fully saturated rings. The third-order valence-corrected chi connectivity index (χ3v) is 3.75. The van der Waals surface area contributed by atoms with E-state index in [-0.39, 0.29) is 12.2 Å². The van der Waals surface area contributed by atoms with Gasteiger partial charge in [-0.05, 0) is 30.3 Å². The highest BCUT2D eigenvalue weighted by Crippen LogP contribution is 2.29. The molecular weight excluding hydrogens is 352 g/mol. The van der Waals surface area contributed by atoms with E-state index in [1.54, 1.807) is 30.3 Å². The Morgan fingerprint density at radius 1 is 1.26 bits per heavy atom. The molecule has 3 rings (SSSR count). The van der Waals surface area contributed by atoms with Gasteiger partial charge in [-0.1, -0.05) is 0 Å². The second kappa shape index (κ2) is 7.65. The minimum absolute atomic E-state index is 0.0359. The monoisotopic (exact) mass is 370 g/mol. The Morgan fingerprint density at radius 3 is 2.74 bits per heavy atom. The van der Waals surface area contributed by atoms with Crippen LogP contribution in [0.15, 0.2) is 51.9 Å². The standard InChI is InChI=1S/C18H18N4O5/c1-25-11-5-6-13(16(8-11)26-2)20-17(23)10-22-18(24)12(19)9-14(21-22)15-4-3-7-27-15/h3-9H,10,19H2,1-2H3,(H,20,23). The number of carbonyl (C=O) groups is 1. The van der Waals surface area contributed by atoms with E-state index in [0.717, 1.165) is 4.68 Å². The summed E-state index contributed by atoms with van der Waals surface area (Å²) >= 11 is 0. The van der Waals surface area contributed by atoms with Gasteiger partial charge in [-0.15, -0.1) is 0 Å². The number of rotatable bonds is 6. The normalized spacial score (nSPS) is 10.4. The molecule has 3 N–H and O–H groups in total. The van der Waals surface area contributed by atoms with Crippen LogP contribution in [0.5, 0.6) is 11.5 Å². The molecule has 2 aromatic heterocycles. The summed E-state index contributed by atoms with van der Waals surface area (Å²) in [6.07, 6.45) is 1.48. The third-order valence-electron chi connectivity index (χ3n) is 3.75. The number of amides is 1. The van der Waals surface area contributed by atoms with E-state index >= 15 is 0 Å². The molecule has 2 heterocycles. The van der Waals surface area contributed by atoms with Crippen LogP contribution in [0.4, 0.5) is 11.4 Å². The first-order chi connectivity index (χ1) is 13.0. The van der Waals surface area contributed by atoms with Crippen LogP contribution in [0, 0.1) is 0 Å². The first kappa shape index (κ1) is 18.1. The number of nitrogens with one attached hydrogen (secondary N) is 1. The van der Waals surface area contributed by atoms with Crippen molar-refractivity contribution in [3.63, 3.8) is 0 Å². The summed E-state index contributed by atoms with van der Waals surface area (Å²) in [5.74, 6) is 0.977. The van der Waals surface area contributed by atoms with Crippen LogP contribution >= 0.6 is 0 Å². The van der Waals surface area contributed by atoms with Crippen LogP contribution in [-0.2, 0) is 11.3 Å². The third kappa shape index (κ3) is 3.92. The first-order valence-corrected chi connectivity index (χ1v) is 7.95. The van der Waals surface area contributed by atoms with Crippen molar-refractivity contribution in [2.45, 2.75) is 6.54 Å². The quantitative estimate of drug-likeness (QED) is 0.678. The largest absolute Gasteiger partial charge is 0.497 e. The average Bonchev–Trinajstić information content (AvgIpc) is 3.20. The summed E-state index contributed by atoms with van der Waals surface area (Å²) in [7, 11) is 3.01. The van der Waals surface area contributed by atoms with Crippen molar-refractivity contribution >= 4 is 17.3 Å². The number of methoxy groups -OCH3 is 2. The molecule has 1 aromatic carbocycles. The molecule has 0 bridgehead atoms. The predicted octanol–water partition coefficient (Wildman–Crippen LogP) is 1.74. The number of furan rings is 1. The van der Waals surface area contributed by atoms with Crippen LogP contribution < -0.4 is 26.1 Å². The van der Waals surface area contributed by atoms with Crippen molar-refractivity contribution in [2.75, 3.05) is 25.3 Å². The Hall–Kier alpha value is -3.75. The van der Waals surface area contributed by atoms with Gasteiger partial charge in [-0.3, -0.25) is 9.59 Å². The van der Waals surface area contributed by atoms with Crippen LogP contribution in [-0.4, -0.2) is 29.9 Å². The van der Waals surface area contributed by atoms with E-state index in [1.807, 2.05) is 0 Å². The van der Waals surface area contributed by atoms with Crippen molar-refractivity contribution in [3.8, 4) is 23.0 Å². The molecule has 0 saturated carbocycles. The van der Waals surface area contributed by atoms with Crippen LogP contribution in [0.2, 0.25) is 0 Å². The lowest BCUT2D eigenvalue weighted by Gasteiger charge is -2.12. The molecule has 1 amide bonds. The van der Waals surface area contributed by atoms with Crippen molar-refractivity contribution in [3.05, 3.63) is 53.0 Å². The number of hydrogen-bond donors (Lipinski definition) is 2. The van der Waals surface area contributed by atoms with Gasteiger partial charge in [-0.25, -0.2) is 4.68 Å². The maximum atomic E-state index is 12.4. The van der Waals surface area contributed by atoms with Gasteiger partial charge in [0, 0.05) is 6.07 Å². The zero-order valence-electron chi connectivity index (χ0n) is 14.8. The second-order valence-electron chi connectivity index (χ2n) is 5.54. The maximum Gasteiger partial charge on any atom is 0.290 e.